The minimum Gasteiger partial charge on any atom is -0.355 e. The van der Waals surface area contributed by atoms with Crippen molar-refractivity contribution in [2.75, 3.05) is 38.6 Å². The number of unbranched alkanes of at least 4 members (excludes halogenated alkanes) is 12. The Morgan fingerprint density at radius 2 is 0.892 bits per heavy atom. The van der Waals surface area contributed by atoms with E-state index >= 15 is 0 Å². The lowest BCUT2D eigenvalue weighted by Crippen LogP contribution is -2.09. The number of alkyl halides is 2. The molecule has 37 heavy (non-hydrogen) atoms. The highest BCUT2D eigenvalue weighted by atomic mass is 35.5. The Morgan fingerprint density at radius 1 is 0.514 bits per heavy atom. The van der Waals surface area contributed by atoms with Crippen molar-refractivity contribution in [3.05, 3.63) is 24.3 Å². The summed E-state index contributed by atoms with van der Waals surface area (Å²) in [5.74, 6) is 2.80. The van der Waals surface area contributed by atoms with E-state index in [1.54, 1.807) is 0 Å². The molecule has 0 aromatic carbocycles. The van der Waals surface area contributed by atoms with Crippen LogP contribution in [0.4, 0.5) is 0 Å². The summed E-state index contributed by atoms with van der Waals surface area (Å²) in [7, 11) is 0. The first-order valence-electron chi connectivity index (χ1n) is 15.5. The van der Waals surface area contributed by atoms with Crippen molar-refractivity contribution in [2.45, 2.75) is 129 Å². The maximum atomic E-state index is 5.72. The van der Waals surface area contributed by atoms with Crippen LogP contribution in [0, 0.1) is 11.8 Å². The van der Waals surface area contributed by atoms with Crippen molar-refractivity contribution in [3.8, 4) is 0 Å². The Balaban J connectivity index is 3.57. The Kier molecular flexibility index (Phi) is 32.1. The van der Waals surface area contributed by atoms with Gasteiger partial charge in [-0.15, -0.1) is 23.2 Å². The minimum atomic E-state index is 0.312. The van der Waals surface area contributed by atoms with Gasteiger partial charge in [-0.25, -0.2) is 0 Å². The van der Waals surface area contributed by atoms with Crippen molar-refractivity contribution < 1.29 is 14.2 Å². The average molecular weight is 564 g/mol. The molecule has 0 saturated carbocycles. The van der Waals surface area contributed by atoms with Gasteiger partial charge in [0.15, 0.2) is 0 Å². The van der Waals surface area contributed by atoms with Crippen molar-refractivity contribution >= 4 is 23.2 Å². The molecule has 0 N–H and O–H groups in total. The Hall–Kier alpha value is -0.0600. The number of allylic oxidation sites excluding steroid dienone is 4. The summed E-state index contributed by atoms with van der Waals surface area (Å²) in [4.78, 5) is 0. The first-order chi connectivity index (χ1) is 18.3. The van der Waals surface area contributed by atoms with Gasteiger partial charge in [-0.3, -0.25) is 0 Å². The summed E-state index contributed by atoms with van der Waals surface area (Å²) < 4.78 is 16.8. The number of rotatable bonds is 30. The van der Waals surface area contributed by atoms with Crippen LogP contribution < -0.4 is 0 Å². The minimum absolute atomic E-state index is 0.312. The fraction of sp³-hybridized carbons (Fsp3) is 0.875. The first-order valence-corrected chi connectivity index (χ1v) is 16.5. The number of hydrogen-bond donors (Lipinski definition) is 0. The van der Waals surface area contributed by atoms with Crippen LogP contribution in [-0.2, 0) is 14.2 Å². The molecule has 2 unspecified atom stereocenters. The van der Waals surface area contributed by atoms with E-state index in [0.717, 1.165) is 63.5 Å². The van der Waals surface area contributed by atoms with E-state index in [9.17, 15) is 0 Å². The predicted octanol–water partition coefficient (Wildman–Crippen LogP) is 10.8. The quantitative estimate of drug-likeness (QED) is 0.0376. The van der Waals surface area contributed by atoms with E-state index in [2.05, 4.69) is 38.2 Å². The van der Waals surface area contributed by atoms with E-state index in [-0.39, 0.29) is 0 Å². The number of hydrogen-bond acceptors (Lipinski definition) is 3. The molecule has 0 spiro atoms. The van der Waals surface area contributed by atoms with Crippen LogP contribution in [0.25, 0.3) is 0 Å². The monoisotopic (exact) mass is 562 g/mol. The first kappa shape index (κ1) is 36.9. The molecule has 0 saturated heterocycles. The smallest absolute Gasteiger partial charge is 0.149 e. The fourth-order valence-corrected chi connectivity index (χ4v) is 4.69. The van der Waals surface area contributed by atoms with E-state index < -0.39 is 0 Å². The largest absolute Gasteiger partial charge is 0.355 e. The Bertz CT molecular complexity index is 443. The summed E-state index contributed by atoms with van der Waals surface area (Å²) in [6, 6.07) is 0. The second kappa shape index (κ2) is 32.2. The Labute approximate surface area is 241 Å². The van der Waals surface area contributed by atoms with Gasteiger partial charge in [-0.2, -0.15) is 0 Å². The lowest BCUT2D eigenvalue weighted by molar-refractivity contribution is -0.132. The second-order valence-corrected chi connectivity index (χ2v) is 11.0. The third kappa shape index (κ3) is 28.8. The molecule has 0 fully saturated rings. The van der Waals surface area contributed by atoms with Gasteiger partial charge in [0.25, 0.3) is 0 Å². The molecule has 220 valence electrons. The zero-order valence-corrected chi connectivity index (χ0v) is 25.9. The molecular formula is C32H60Cl2O3. The van der Waals surface area contributed by atoms with Crippen LogP contribution in [0.5, 0.6) is 0 Å². The maximum Gasteiger partial charge on any atom is 0.149 e. The summed E-state index contributed by atoms with van der Waals surface area (Å²) in [6.45, 7) is 6.60. The van der Waals surface area contributed by atoms with Gasteiger partial charge in [0.05, 0.1) is 0 Å². The molecule has 0 aromatic heterocycles. The van der Waals surface area contributed by atoms with Gasteiger partial charge < -0.3 is 14.2 Å². The summed E-state index contributed by atoms with van der Waals surface area (Å²) in [5, 5.41) is 0. The molecule has 0 aliphatic rings. The van der Waals surface area contributed by atoms with Crippen LogP contribution in [0.15, 0.2) is 24.3 Å². The van der Waals surface area contributed by atoms with Crippen molar-refractivity contribution in [1.29, 1.82) is 0 Å². The summed E-state index contributed by atoms with van der Waals surface area (Å²) in [5.41, 5.74) is 0. The van der Waals surface area contributed by atoms with Gasteiger partial charge in [0.2, 0.25) is 0 Å². The average Bonchev–Trinajstić information content (AvgIpc) is 2.92. The molecule has 0 radical (unpaired) electrons. The highest BCUT2D eigenvalue weighted by Crippen LogP contribution is 2.14. The lowest BCUT2D eigenvalue weighted by atomic mass is 10.0. The number of halogens is 2. The normalized spacial score (nSPS) is 13.7. The van der Waals surface area contributed by atoms with Crippen LogP contribution in [-0.4, -0.2) is 38.6 Å². The topological polar surface area (TPSA) is 27.7 Å². The van der Waals surface area contributed by atoms with Crippen molar-refractivity contribution in [1.82, 2.24) is 0 Å². The van der Waals surface area contributed by atoms with Gasteiger partial charge in [0, 0.05) is 25.0 Å². The molecule has 0 aliphatic heterocycles. The highest BCUT2D eigenvalue weighted by molar-refractivity contribution is 6.18. The standard InChI is InChI=1S/C32H60Cl2O3/c1-3-31(21-17-13-9-5-7-11-15-19-25-33)23-27-35-29-37-30-36-28-24-32(4-2)22-18-14-10-6-8-12-16-20-26-34/h17-18,21-22,31-32H,3-16,19-20,23-30H2,1-2H3. The Morgan fingerprint density at radius 3 is 1.27 bits per heavy atom. The molecule has 5 heteroatoms. The molecule has 0 heterocycles. The molecular weight excluding hydrogens is 503 g/mol. The maximum absolute atomic E-state index is 5.72. The highest BCUT2D eigenvalue weighted by Gasteiger charge is 2.03. The predicted molar refractivity (Wildman–Crippen MR) is 164 cm³/mol. The molecule has 0 aliphatic carbocycles. The molecule has 0 aromatic rings. The zero-order chi connectivity index (χ0) is 27.1. The van der Waals surface area contributed by atoms with Crippen molar-refractivity contribution in [3.63, 3.8) is 0 Å². The van der Waals surface area contributed by atoms with E-state index in [0.29, 0.717) is 25.4 Å². The van der Waals surface area contributed by atoms with E-state index in [4.69, 9.17) is 37.4 Å². The SMILES string of the molecule is CCC(C=CCCCCCCCCCl)CCOCOCOCCC(C=CCCCCCCCCCl)CC. The van der Waals surface area contributed by atoms with Gasteiger partial charge >= 0.3 is 0 Å². The van der Waals surface area contributed by atoms with Gasteiger partial charge in [0.1, 0.15) is 13.6 Å². The molecule has 0 bridgehead atoms. The van der Waals surface area contributed by atoms with E-state index in [1.165, 1.54) is 77.0 Å². The van der Waals surface area contributed by atoms with Crippen molar-refractivity contribution in [2.24, 2.45) is 11.8 Å². The third-order valence-corrected chi connectivity index (χ3v) is 7.51. The molecule has 0 rings (SSSR count). The number of ether oxygens (including phenoxy) is 3. The second-order valence-electron chi connectivity index (χ2n) is 10.2. The lowest BCUT2D eigenvalue weighted by Gasteiger charge is -2.12. The zero-order valence-electron chi connectivity index (χ0n) is 24.4. The molecule has 2 atom stereocenters. The fourth-order valence-electron chi connectivity index (χ4n) is 4.32. The summed E-state index contributed by atoms with van der Waals surface area (Å²) >= 11 is 11.4. The van der Waals surface area contributed by atoms with Crippen LogP contribution in [0.3, 0.4) is 0 Å². The van der Waals surface area contributed by atoms with Crippen LogP contribution in [0.2, 0.25) is 0 Å². The molecule has 0 amide bonds. The van der Waals surface area contributed by atoms with Gasteiger partial charge in [-0.05, 0) is 76.0 Å². The van der Waals surface area contributed by atoms with Crippen LogP contribution in [0.1, 0.15) is 129 Å². The van der Waals surface area contributed by atoms with Gasteiger partial charge in [-0.1, -0.05) is 89.5 Å². The van der Waals surface area contributed by atoms with E-state index in [1.807, 2.05) is 0 Å². The summed E-state index contributed by atoms with van der Waals surface area (Å²) in [6.07, 6.45) is 31.7. The van der Waals surface area contributed by atoms with Crippen LogP contribution >= 0.6 is 23.2 Å². The third-order valence-electron chi connectivity index (χ3n) is 6.97. The molecule has 3 nitrogen and oxygen atoms in total.